The van der Waals surface area contributed by atoms with Crippen LogP contribution in [0, 0.1) is 22.7 Å². The molecule has 1 amide bonds. The Hall–Kier alpha value is -1.90. The van der Waals surface area contributed by atoms with Gasteiger partial charge in [-0.25, -0.2) is 0 Å². The molecule has 0 spiro atoms. The molecule has 2 aliphatic rings. The molecule has 1 saturated carbocycles. The summed E-state index contributed by atoms with van der Waals surface area (Å²) in [5.74, 6) is 0.00507. The SMILES string of the molecule is N#CC1(C(=O)N[C@@H](c2ccccc2)C2CC(O)C2)CCOCC1. The lowest BCUT2D eigenvalue weighted by Gasteiger charge is -2.40. The number of nitrogens with one attached hydrogen (secondary N) is 1. The summed E-state index contributed by atoms with van der Waals surface area (Å²) >= 11 is 0. The van der Waals surface area contributed by atoms with Gasteiger partial charge in [0.05, 0.1) is 18.2 Å². The molecule has 1 aromatic rings. The van der Waals surface area contributed by atoms with E-state index in [9.17, 15) is 15.2 Å². The van der Waals surface area contributed by atoms with Gasteiger partial charge in [0.15, 0.2) is 0 Å². The van der Waals surface area contributed by atoms with Crippen molar-refractivity contribution in [2.45, 2.75) is 37.8 Å². The predicted molar refractivity (Wildman–Crippen MR) is 84.2 cm³/mol. The van der Waals surface area contributed by atoms with Crippen LogP contribution < -0.4 is 5.32 Å². The molecule has 0 bridgehead atoms. The monoisotopic (exact) mass is 314 g/mol. The number of ether oxygens (including phenoxy) is 1. The van der Waals surface area contributed by atoms with Gasteiger partial charge >= 0.3 is 0 Å². The highest BCUT2D eigenvalue weighted by molar-refractivity contribution is 5.86. The Morgan fingerprint density at radius 1 is 1.30 bits per heavy atom. The Bertz CT molecular complexity index is 584. The molecule has 122 valence electrons. The van der Waals surface area contributed by atoms with Crippen LogP contribution in [0.3, 0.4) is 0 Å². The highest BCUT2D eigenvalue weighted by Crippen LogP contribution is 2.39. The number of nitrogens with zero attached hydrogens (tertiary/aromatic N) is 1. The van der Waals surface area contributed by atoms with E-state index in [1.165, 1.54) is 0 Å². The van der Waals surface area contributed by atoms with Crippen molar-refractivity contribution in [1.82, 2.24) is 5.32 Å². The molecule has 0 aromatic heterocycles. The summed E-state index contributed by atoms with van der Waals surface area (Å²) in [7, 11) is 0. The molecule has 5 nitrogen and oxygen atoms in total. The van der Waals surface area contributed by atoms with Crippen LogP contribution in [0.2, 0.25) is 0 Å². The molecule has 1 aromatic carbocycles. The second-order valence-electron chi connectivity index (χ2n) is 6.55. The number of aliphatic hydroxyl groups excluding tert-OH is 1. The smallest absolute Gasteiger partial charge is 0.241 e. The standard InChI is InChI=1S/C18H22N2O3/c19-12-18(6-8-23-9-7-18)17(22)20-16(14-10-15(21)11-14)13-4-2-1-3-5-13/h1-5,14-16,21H,6-11H2,(H,20,22)/t14?,15?,16-/m0/s1. The molecule has 5 heteroatoms. The minimum Gasteiger partial charge on any atom is -0.393 e. The van der Waals surface area contributed by atoms with E-state index in [2.05, 4.69) is 11.4 Å². The van der Waals surface area contributed by atoms with Crippen molar-refractivity contribution >= 4 is 5.91 Å². The van der Waals surface area contributed by atoms with Crippen molar-refractivity contribution in [3.8, 4) is 6.07 Å². The largest absolute Gasteiger partial charge is 0.393 e. The van der Waals surface area contributed by atoms with Gasteiger partial charge in [0.25, 0.3) is 0 Å². The van der Waals surface area contributed by atoms with E-state index in [0.29, 0.717) is 38.9 Å². The van der Waals surface area contributed by atoms with Gasteiger partial charge in [-0.1, -0.05) is 30.3 Å². The highest BCUT2D eigenvalue weighted by Gasteiger charge is 2.43. The fourth-order valence-electron chi connectivity index (χ4n) is 3.42. The van der Waals surface area contributed by atoms with Crippen molar-refractivity contribution in [3.05, 3.63) is 35.9 Å². The first-order chi connectivity index (χ1) is 11.1. The average molecular weight is 314 g/mol. The Morgan fingerprint density at radius 3 is 2.52 bits per heavy atom. The van der Waals surface area contributed by atoms with Gasteiger partial charge < -0.3 is 15.2 Å². The molecule has 1 saturated heterocycles. The topological polar surface area (TPSA) is 82.4 Å². The lowest BCUT2D eigenvalue weighted by Crippen LogP contribution is -2.48. The minimum absolute atomic E-state index is 0.153. The number of carbonyl (C=O) groups excluding carboxylic acids is 1. The average Bonchev–Trinajstić information content (AvgIpc) is 2.58. The van der Waals surface area contributed by atoms with E-state index >= 15 is 0 Å². The van der Waals surface area contributed by atoms with Crippen LogP contribution in [0.25, 0.3) is 0 Å². The van der Waals surface area contributed by atoms with Gasteiger partial charge in [-0.3, -0.25) is 4.79 Å². The van der Waals surface area contributed by atoms with Crippen LogP contribution in [0.5, 0.6) is 0 Å². The van der Waals surface area contributed by atoms with Gasteiger partial charge in [-0.2, -0.15) is 5.26 Å². The van der Waals surface area contributed by atoms with Crippen LogP contribution in [-0.4, -0.2) is 30.3 Å². The number of hydrogen-bond donors (Lipinski definition) is 2. The van der Waals surface area contributed by atoms with E-state index < -0.39 is 5.41 Å². The Balaban J connectivity index is 1.78. The van der Waals surface area contributed by atoms with Crippen LogP contribution in [0.1, 0.15) is 37.3 Å². The maximum Gasteiger partial charge on any atom is 0.241 e. The second-order valence-corrected chi connectivity index (χ2v) is 6.55. The van der Waals surface area contributed by atoms with E-state index in [1.54, 1.807) is 0 Å². The summed E-state index contributed by atoms with van der Waals surface area (Å²) in [5.41, 5.74) is 0.0334. The van der Waals surface area contributed by atoms with Gasteiger partial charge in [-0.15, -0.1) is 0 Å². The number of amides is 1. The fraction of sp³-hybridized carbons (Fsp3) is 0.556. The zero-order chi connectivity index (χ0) is 16.3. The lowest BCUT2D eigenvalue weighted by atomic mass is 9.74. The maximum absolute atomic E-state index is 12.8. The molecule has 3 rings (SSSR count). The van der Waals surface area contributed by atoms with Crippen LogP contribution in [0.4, 0.5) is 0 Å². The van der Waals surface area contributed by atoms with E-state index in [4.69, 9.17) is 4.74 Å². The number of carbonyl (C=O) groups is 1. The predicted octanol–water partition coefficient (Wildman–Crippen LogP) is 1.94. The summed E-state index contributed by atoms with van der Waals surface area (Å²) in [5, 5.41) is 22.2. The first-order valence-electron chi connectivity index (χ1n) is 8.17. The van der Waals surface area contributed by atoms with Gasteiger partial charge in [0.1, 0.15) is 5.41 Å². The maximum atomic E-state index is 12.8. The number of hydrogen-bond acceptors (Lipinski definition) is 4. The molecule has 0 radical (unpaired) electrons. The third kappa shape index (κ3) is 3.24. The zero-order valence-electron chi connectivity index (χ0n) is 13.1. The zero-order valence-corrected chi connectivity index (χ0v) is 13.1. The summed E-state index contributed by atoms with van der Waals surface area (Å²) in [4.78, 5) is 12.8. The Labute approximate surface area is 136 Å². The fourth-order valence-corrected chi connectivity index (χ4v) is 3.42. The van der Waals surface area contributed by atoms with E-state index in [-0.39, 0.29) is 24.0 Å². The summed E-state index contributed by atoms with van der Waals surface area (Å²) in [6, 6.07) is 11.9. The Morgan fingerprint density at radius 2 is 1.96 bits per heavy atom. The molecule has 1 atom stereocenters. The van der Waals surface area contributed by atoms with Crippen molar-refractivity contribution in [2.24, 2.45) is 11.3 Å². The van der Waals surface area contributed by atoms with E-state index in [0.717, 1.165) is 5.56 Å². The lowest BCUT2D eigenvalue weighted by molar-refractivity contribution is -0.134. The molecular weight excluding hydrogens is 292 g/mol. The quantitative estimate of drug-likeness (QED) is 0.889. The van der Waals surface area contributed by atoms with Crippen LogP contribution >= 0.6 is 0 Å². The third-order valence-electron chi connectivity index (χ3n) is 5.06. The molecule has 1 heterocycles. The second kappa shape index (κ2) is 6.69. The first kappa shape index (κ1) is 16.0. The first-order valence-corrected chi connectivity index (χ1v) is 8.17. The van der Waals surface area contributed by atoms with Crippen molar-refractivity contribution in [3.63, 3.8) is 0 Å². The van der Waals surface area contributed by atoms with Gasteiger partial charge in [-0.05, 0) is 37.2 Å². The third-order valence-corrected chi connectivity index (χ3v) is 5.06. The number of rotatable bonds is 4. The summed E-state index contributed by atoms with van der Waals surface area (Å²) < 4.78 is 5.30. The normalized spacial score (nSPS) is 27.3. The minimum atomic E-state index is -0.992. The van der Waals surface area contributed by atoms with Crippen molar-refractivity contribution in [1.29, 1.82) is 5.26 Å². The number of aliphatic hydroxyl groups is 1. The number of nitriles is 1. The number of benzene rings is 1. The molecule has 2 N–H and O–H groups in total. The summed E-state index contributed by atoms with van der Waals surface area (Å²) in [6.45, 7) is 0.887. The Kier molecular flexibility index (Phi) is 4.65. The van der Waals surface area contributed by atoms with Gasteiger partial charge in [0, 0.05) is 13.2 Å². The van der Waals surface area contributed by atoms with Crippen LogP contribution in [-0.2, 0) is 9.53 Å². The summed E-state index contributed by atoms with van der Waals surface area (Å²) in [6.07, 6.45) is 1.95. The molecular formula is C18H22N2O3. The van der Waals surface area contributed by atoms with Crippen molar-refractivity contribution < 1.29 is 14.6 Å². The molecule has 1 aliphatic heterocycles. The van der Waals surface area contributed by atoms with E-state index in [1.807, 2.05) is 30.3 Å². The molecule has 0 unspecified atom stereocenters. The van der Waals surface area contributed by atoms with Gasteiger partial charge in [0.2, 0.25) is 5.91 Å². The van der Waals surface area contributed by atoms with Crippen molar-refractivity contribution in [2.75, 3.05) is 13.2 Å². The van der Waals surface area contributed by atoms with Crippen LogP contribution in [0.15, 0.2) is 30.3 Å². The molecule has 2 fully saturated rings. The highest BCUT2D eigenvalue weighted by atomic mass is 16.5. The molecule has 1 aliphatic carbocycles. The molecule has 23 heavy (non-hydrogen) atoms.